The van der Waals surface area contributed by atoms with Gasteiger partial charge in [-0.2, -0.15) is 11.8 Å². The molecule has 3 rings (SSSR count). The van der Waals surface area contributed by atoms with Crippen LogP contribution >= 0.6 is 23.4 Å². The quantitative estimate of drug-likeness (QED) is 0.373. The largest absolute Gasteiger partial charge is 0.481 e. The van der Waals surface area contributed by atoms with E-state index >= 15 is 0 Å². The summed E-state index contributed by atoms with van der Waals surface area (Å²) in [6, 6.07) is 14.0. The molecule has 5 nitrogen and oxygen atoms in total. The number of aliphatic hydroxyl groups excluding tert-OH is 1. The van der Waals surface area contributed by atoms with Gasteiger partial charge >= 0.3 is 5.97 Å². The summed E-state index contributed by atoms with van der Waals surface area (Å²) in [5, 5.41) is 20.2. The number of benzene rings is 2. The third-order valence-electron chi connectivity index (χ3n) is 6.09. The fraction of sp³-hybridized carbons (Fsp3) is 0.462. The Balaban J connectivity index is 1.52. The Morgan fingerprint density at radius 2 is 2.06 bits per heavy atom. The van der Waals surface area contributed by atoms with Gasteiger partial charge in [0.2, 0.25) is 5.91 Å². The molecule has 1 fully saturated rings. The van der Waals surface area contributed by atoms with Crippen molar-refractivity contribution in [3.05, 3.63) is 58.6 Å². The standard InChI is InChI=1S/C26H32ClNO4S/c1-18-7-10-22(23(27)16-18)19-4-2-5-20(17-19)24(29)11-8-21-9-12-25(30)28(21)13-15-33-14-3-6-26(31)32/h2,4-5,7,10,16-17,21,24,29H,3,6,8-9,11-15H2,1H3,(H,31,32)/t21-,24-/m0/s1. The van der Waals surface area contributed by atoms with Gasteiger partial charge in [-0.25, -0.2) is 0 Å². The van der Waals surface area contributed by atoms with Crippen LogP contribution in [-0.4, -0.2) is 51.1 Å². The van der Waals surface area contributed by atoms with Crippen molar-refractivity contribution < 1.29 is 19.8 Å². The molecule has 0 aliphatic carbocycles. The van der Waals surface area contributed by atoms with Crippen LogP contribution in [0.4, 0.5) is 0 Å². The van der Waals surface area contributed by atoms with Gasteiger partial charge in [-0.1, -0.05) is 41.9 Å². The van der Waals surface area contributed by atoms with Gasteiger partial charge in [0.15, 0.2) is 0 Å². The Morgan fingerprint density at radius 1 is 1.24 bits per heavy atom. The number of likely N-dealkylation sites (tertiary alicyclic amines) is 1. The van der Waals surface area contributed by atoms with Gasteiger partial charge in [0.25, 0.3) is 0 Å². The zero-order valence-corrected chi connectivity index (χ0v) is 20.6. The van der Waals surface area contributed by atoms with Crippen LogP contribution < -0.4 is 0 Å². The van der Waals surface area contributed by atoms with E-state index in [2.05, 4.69) is 0 Å². The number of carbonyl (C=O) groups is 2. The maximum Gasteiger partial charge on any atom is 0.303 e. The molecule has 2 aromatic carbocycles. The molecule has 0 spiro atoms. The average molecular weight is 490 g/mol. The Labute approximate surface area is 205 Å². The molecule has 2 aromatic rings. The second-order valence-electron chi connectivity index (χ2n) is 8.59. The van der Waals surface area contributed by atoms with E-state index in [4.69, 9.17) is 16.7 Å². The number of aliphatic hydroxyl groups is 1. The maximum absolute atomic E-state index is 12.3. The number of carboxylic acids is 1. The lowest BCUT2D eigenvalue weighted by Gasteiger charge is -2.25. The lowest BCUT2D eigenvalue weighted by atomic mass is 9.96. The zero-order valence-electron chi connectivity index (χ0n) is 19.0. The fourth-order valence-corrected chi connectivity index (χ4v) is 5.50. The predicted octanol–water partition coefficient (Wildman–Crippen LogP) is 5.72. The topological polar surface area (TPSA) is 77.8 Å². The fourth-order valence-electron chi connectivity index (χ4n) is 4.28. The Bertz CT molecular complexity index is 967. The Kier molecular flexibility index (Phi) is 9.65. The molecule has 0 unspecified atom stereocenters. The van der Waals surface area contributed by atoms with E-state index in [0.29, 0.717) is 30.8 Å². The first-order valence-corrected chi connectivity index (χ1v) is 13.0. The molecule has 1 saturated heterocycles. The van der Waals surface area contributed by atoms with Crippen LogP contribution in [0.2, 0.25) is 5.02 Å². The summed E-state index contributed by atoms with van der Waals surface area (Å²) in [6.45, 7) is 2.68. The number of aliphatic carboxylic acids is 1. The highest BCUT2D eigenvalue weighted by Gasteiger charge is 2.30. The normalized spacial score (nSPS) is 16.9. The second kappa shape index (κ2) is 12.4. The van der Waals surface area contributed by atoms with Gasteiger partial charge in [-0.3, -0.25) is 9.59 Å². The summed E-state index contributed by atoms with van der Waals surface area (Å²) in [6.07, 6.45) is 2.97. The monoisotopic (exact) mass is 489 g/mol. The van der Waals surface area contributed by atoms with Gasteiger partial charge in [-0.15, -0.1) is 0 Å². The molecule has 1 amide bonds. The molecule has 7 heteroatoms. The summed E-state index contributed by atoms with van der Waals surface area (Å²) < 4.78 is 0. The summed E-state index contributed by atoms with van der Waals surface area (Å²) in [4.78, 5) is 24.9. The van der Waals surface area contributed by atoms with Crippen molar-refractivity contribution in [3.63, 3.8) is 0 Å². The van der Waals surface area contributed by atoms with Gasteiger partial charge in [0.05, 0.1) is 6.10 Å². The maximum atomic E-state index is 12.3. The van der Waals surface area contributed by atoms with E-state index in [1.54, 1.807) is 11.8 Å². The van der Waals surface area contributed by atoms with Gasteiger partial charge in [0.1, 0.15) is 0 Å². The number of halogens is 1. The number of aryl methyl sites for hydroxylation is 1. The van der Waals surface area contributed by atoms with Gasteiger partial charge in [-0.05, 0) is 67.2 Å². The molecule has 1 aliphatic rings. The smallest absolute Gasteiger partial charge is 0.303 e. The second-order valence-corrected chi connectivity index (χ2v) is 10.2. The van der Waals surface area contributed by atoms with E-state index in [9.17, 15) is 14.7 Å². The van der Waals surface area contributed by atoms with Crippen LogP contribution in [0.3, 0.4) is 0 Å². The van der Waals surface area contributed by atoms with Crippen molar-refractivity contribution in [2.75, 3.05) is 18.1 Å². The third-order valence-corrected chi connectivity index (χ3v) is 7.45. The Morgan fingerprint density at radius 3 is 2.82 bits per heavy atom. The molecule has 0 bridgehead atoms. The van der Waals surface area contributed by atoms with Crippen LogP contribution in [0.1, 0.15) is 55.8 Å². The lowest BCUT2D eigenvalue weighted by molar-refractivity contribution is -0.137. The highest BCUT2D eigenvalue weighted by molar-refractivity contribution is 7.99. The number of amides is 1. The van der Waals surface area contributed by atoms with Gasteiger partial charge < -0.3 is 15.1 Å². The minimum Gasteiger partial charge on any atom is -0.481 e. The van der Waals surface area contributed by atoms with Crippen LogP contribution in [0.25, 0.3) is 11.1 Å². The van der Waals surface area contributed by atoms with Crippen LogP contribution in [0, 0.1) is 6.92 Å². The predicted molar refractivity (Wildman–Crippen MR) is 135 cm³/mol. The molecular formula is C26H32ClNO4S. The number of rotatable bonds is 12. The first kappa shape index (κ1) is 25.6. The molecule has 1 aliphatic heterocycles. The summed E-state index contributed by atoms with van der Waals surface area (Å²) in [5.74, 6) is 1.01. The van der Waals surface area contributed by atoms with Crippen molar-refractivity contribution in [1.29, 1.82) is 0 Å². The number of hydrogen-bond donors (Lipinski definition) is 2. The van der Waals surface area contributed by atoms with Crippen LogP contribution in [0.15, 0.2) is 42.5 Å². The number of hydrogen-bond acceptors (Lipinski definition) is 4. The van der Waals surface area contributed by atoms with Crippen LogP contribution in [-0.2, 0) is 9.59 Å². The number of carbonyl (C=O) groups excluding carboxylic acids is 1. The summed E-state index contributed by atoms with van der Waals surface area (Å²) in [7, 11) is 0. The van der Waals surface area contributed by atoms with Crippen molar-refractivity contribution in [2.45, 2.75) is 57.6 Å². The van der Waals surface area contributed by atoms with E-state index in [0.717, 1.165) is 46.6 Å². The zero-order chi connectivity index (χ0) is 23.8. The van der Waals surface area contributed by atoms with Crippen molar-refractivity contribution >= 4 is 35.2 Å². The summed E-state index contributed by atoms with van der Waals surface area (Å²) >= 11 is 8.12. The highest BCUT2D eigenvalue weighted by atomic mass is 35.5. The van der Waals surface area contributed by atoms with Crippen molar-refractivity contribution in [2.24, 2.45) is 0 Å². The molecule has 0 radical (unpaired) electrons. The molecule has 178 valence electrons. The molecule has 2 atom stereocenters. The first-order valence-electron chi connectivity index (χ1n) is 11.5. The number of nitrogens with zero attached hydrogens (tertiary/aromatic N) is 1. The first-order chi connectivity index (χ1) is 15.8. The van der Waals surface area contributed by atoms with Crippen molar-refractivity contribution in [1.82, 2.24) is 4.90 Å². The molecular weight excluding hydrogens is 458 g/mol. The minimum absolute atomic E-state index is 0.154. The van der Waals surface area contributed by atoms with Gasteiger partial charge in [0, 0.05) is 41.8 Å². The average Bonchev–Trinajstić information content (AvgIpc) is 3.13. The van der Waals surface area contributed by atoms with E-state index in [-0.39, 0.29) is 18.4 Å². The SMILES string of the molecule is Cc1ccc(-c2cccc([C@@H](O)CC[C@H]3CCC(=O)N3CCSCCCC(=O)O)c2)c(Cl)c1. The molecule has 2 N–H and O–H groups in total. The van der Waals surface area contributed by atoms with E-state index in [1.165, 1.54) is 0 Å². The minimum atomic E-state index is -0.767. The van der Waals surface area contributed by atoms with Crippen molar-refractivity contribution in [3.8, 4) is 11.1 Å². The molecule has 0 aromatic heterocycles. The lowest BCUT2D eigenvalue weighted by Crippen LogP contribution is -2.35. The number of carboxylic acid groups (broad SMARTS) is 1. The molecule has 1 heterocycles. The van der Waals surface area contributed by atoms with Crippen LogP contribution in [0.5, 0.6) is 0 Å². The number of thioether (sulfide) groups is 1. The third kappa shape index (κ3) is 7.49. The Hall–Kier alpha value is -2.02. The molecule has 0 saturated carbocycles. The highest BCUT2D eigenvalue weighted by Crippen LogP contribution is 2.32. The molecule has 33 heavy (non-hydrogen) atoms. The van der Waals surface area contributed by atoms with E-state index in [1.807, 2.05) is 54.3 Å². The van der Waals surface area contributed by atoms with E-state index < -0.39 is 12.1 Å². The summed E-state index contributed by atoms with van der Waals surface area (Å²) in [5.41, 5.74) is 3.89.